The van der Waals surface area contributed by atoms with Crippen molar-refractivity contribution in [3.63, 3.8) is 0 Å². The second-order valence-electron chi connectivity index (χ2n) is 5.63. The molecule has 2 aromatic rings. The quantitative estimate of drug-likeness (QED) is 0.925. The van der Waals surface area contributed by atoms with Gasteiger partial charge in [0.25, 0.3) is 0 Å². The molecule has 5 nitrogen and oxygen atoms in total. The van der Waals surface area contributed by atoms with Gasteiger partial charge in [-0.2, -0.15) is 10.4 Å². The number of nitriles is 1. The van der Waals surface area contributed by atoms with Crippen molar-refractivity contribution in [3.8, 4) is 6.07 Å². The summed E-state index contributed by atoms with van der Waals surface area (Å²) in [7, 11) is 0. The van der Waals surface area contributed by atoms with Crippen molar-refractivity contribution >= 4 is 11.4 Å². The summed E-state index contributed by atoms with van der Waals surface area (Å²) in [6, 6.07) is 4.02. The Morgan fingerprint density at radius 1 is 1.60 bits per heavy atom. The van der Waals surface area contributed by atoms with E-state index < -0.39 is 5.91 Å². The van der Waals surface area contributed by atoms with Crippen molar-refractivity contribution in [2.24, 2.45) is 11.7 Å². The van der Waals surface area contributed by atoms with E-state index in [9.17, 15) is 4.79 Å². The summed E-state index contributed by atoms with van der Waals surface area (Å²) in [5, 5.41) is 13.4. The molecule has 0 aromatic carbocycles. The Morgan fingerprint density at radius 2 is 2.35 bits per heavy atom. The number of primary amides is 1. The first-order valence-electron chi connectivity index (χ1n) is 6.74. The van der Waals surface area contributed by atoms with Gasteiger partial charge in [0, 0.05) is 23.2 Å². The highest BCUT2D eigenvalue weighted by molar-refractivity contribution is 5.96. The molecule has 2 heterocycles. The third-order valence-electron chi connectivity index (χ3n) is 3.95. The Kier molecular flexibility index (Phi) is 2.75. The zero-order valence-corrected chi connectivity index (χ0v) is 11.5. The second kappa shape index (κ2) is 4.34. The van der Waals surface area contributed by atoms with Crippen molar-refractivity contribution in [2.45, 2.75) is 32.1 Å². The van der Waals surface area contributed by atoms with Gasteiger partial charge in [-0.15, -0.1) is 0 Å². The van der Waals surface area contributed by atoms with Crippen LogP contribution in [0, 0.1) is 17.2 Å². The first-order valence-corrected chi connectivity index (χ1v) is 6.74. The highest BCUT2D eigenvalue weighted by Crippen LogP contribution is 2.49. The van der Waals surface area contributed by atoms with Crippen LogP contribution < -0.4 is 5.73 Å². The van der Waals surface area contributed by atoms with Crippen molar-refractivity contribution in [2.75, 3.05) is 0 Å². The van der Waals surface area contributed by atoms with E-state index in [1.807, 2.05) is 20.0 Å². The fourth-order valence-corrected chi connectivity index (χ4v) is 2.88. The van der Waals surface area contributed by atoms with Gasteiger partial charge in [0.05, 0.1) is 23.7 Å². The molecule has 102 valence electrons. The number of nitrogens with zero attached hydrogens (tertiary/aromatic N) is 3. The maximum atomic E-state index is 11.6. The summed E-state index contributed by atoms with van der Waals surface area (Å²) >= 11 is 0. The number of pyridine rings is 1. The normalized spacial score (nSPS) is 21.1. The maximum absolute atomic E-state index is 11.6. The van der Waals surface area contributed by atoms with Gasteiger partial charge in [-0.1, -0.05) is 13.8 Å². The van der Waals surface area contributed by atoms with Gasteiger partial charge < -0.3 is 5.73 Å². The van der Waals surface area contributed by atoms with Crippen molar-refractivity contribution in [1.82, 2.24) is 9.61 Å². The van der Waals surface area contributed by atoms with E-state index in [0.29, 0.717) is 5.56 Å². The van der Waals surface area contributed by atoms with Crippen LogP contribution in [-0.4, -0.2) is 15.5 Å². The Balaban J connectivity index is 2.27. The third kappa shape index (κ3) is 1.76. The van der Waals surface area contributed by atoms with Gasteiger partial charge in [0.15, 0.2) is 0 Å². The lowest BCUT2D eigenvalue weighted by atomic mass is 9.94. The largest absolute Gasteiger partial charge is 0.366 e. The number of fused-ring (bicyclic) bond motifs is 1. The zero-order valence-electron chi connectivity index (χ0n) is 11.5. The van der Waals surface area contributed by atoms with Crippen LogP contribution in [0.2, 0.25) is 0 Å². The van der Waals surface area contributed by atoms with Crippen LogP contribution in [0.3, 0.4) is 0 Å². The molecular weight excluding hydrogens is 252 g/mol. The number of carbonyl (C=O) groups excluding carboxylic acids is 1. The lowest BCUT2D eigenvalue weighted by Crippen LogP contribution is -2.16. The van der Waals surface area contributed by atoms with Gasteiger partial charge in [0.2, 0.25) is 5.91 Å². The predicted molar refractivity (Wildman–Crippen MR) is 74.3 cm³/mol. The molecule has 2 atom stereocenters. The maximum Gasteiger partial charge on any atom is 0.249 e. The van der Waals surface area contributed by atoms with Crippen LogP contribution in [0.4, 0.5) is 0 Å². The first kappa shape index (κ1) is 12.7. The molecule has 0 radical (unpaired) electrons. The van der Waals surface area contributed by atoms with Crippen LogP contribution in [0.25, 0.3) is 5.52 Å². The van der Waals surface area contributed by atoms with Crippen molar-refractivity contribution in [3.05, 3.63) is 35.2 Å². The Morgan fingerprint density at radius 3 is 2.90 bits per heavy atom. The molecule has 1 amide bonds. The lowest BCUT2D eigenvalue weighted by Gasteiger charge is -2.13. The number of amides is 1. The first-order chi connectivity index (χ1) is 9.54. The monoisotopic (exact) mass is 268 g/mol. The minimum atomic E-state index is -0.420. The predicted octanol–water partition coefficient (Wildman–Crippen LogP) is 2.18. The molecule has 5 heteroatoms. The Labute approximate surface area is 117 Å². The molecule has 0 spiro atoms. The van der Waals surface area contributed by atoms with Crippen LogP contribution in [-0.2, 0) is 0 Å². The van der Waals surface area contributed by atoms with Crippen LogP contribution >= 0.6 is 0 Å². The van der Waals surface area contributed by atoms with E-state index in [2.05, 4.69) is 11.2 Å². The molecule has 2 aromatic heterocycles. The van der Waals surface area contributed by atoms with E-state index in [4.69, 9.17) is 11.0 Å². The van der Waals surface area contributed by atoms with E-state index in [0.717, 1.165) is 23.1 Å². The number of aromatic nitrogens is 2. The highest BCUT2D eigenvalue weighted by atomic mass is 16.1. The molecule has 20 heavy (non-hydrogen) atoms. The fourth-order valence-electron chi connectivity index (χ4n) is 2.88. The van der Waals surface area contributed by atoms with Gasteiger partial charge >= 0.3 is 0 Å². The van der Waals surface area contributed by atoms with Gasteiger partial charge in [-0.05, 0) is 24.0 Å². The van der Waals surface area contributed by atoms with E-state index in [1.54, 1.807) is 16.8 Å². The van der Waals surface area contributed by atoms with Gasteiger partial charge in [0.1, 0.15) is 0 Å². The van der Waals surface area contributed by atoms with Crippen LogP contribution in [0.1, 0.15) is 53.6 Å². The molecule has 3 rings (SSSR count). The molecule has 1 aliphatic carbocycles. The number of nitrogens with two attached hydrogens (primary N) is 1. The Hall–Kier alpha value is -2.35. The smallest absolute Gasteiger partial charge is 0.249 e. The molecule has 2 unspecified atom stereocenters. The lowest BCUT2D eigenvalue weighted by molar-refractivity contribution is 0.0999. The summed E-state index contributed by atoms with van der Waals surface area (Å²) in [6.45, 7) is 4.07. The topological polar surface area (TPSA) is 84.2 Å². The minimum Gasteiger partial charge on any atom is -0.366 e. The summed E-state index contributed by atoms with van der Waals surface area (Å²) < 4.78 is 1.78. The second-order valence-corrected chi connectivity index (χ2v) is 5.63. The summed E-state index contributed by atoms with van der Waals surface area (Å²) in [4.78, 5) is 11.6. The SMILES string of the molecule is CC(C)c1c(C(N)=O)ccn2ncc(C3CC3C#N)c12. The molecule has 0 saturated heterocycles. The highest BCUT2D eigenvalue weighted by Gasteiger charge is 2.41. The minimum absolute atomic E-state index is 0.0697. The van der Waals surface area contributed by atoms with E-state index in [-0.39, 0.29) is 17.8 Å². The molecule has 1 saturated carbocycles. The third-order valence-corrected chi connectivity index (χ3v) is 3.95. The summed E-state index contributed by atoms with van der Waals surface area (Å²) in [6.07, 6.45) is 4.44. The van der Waals surface area contributed by atoms with Gasteiger partial charge in [-0.3, -0.25) is 4.79 Å². The summed E-state index contributed by atoms with van der Waals surface area (Å²) in [5.74, 6) is 0.0466. The number of carbonyl (C=O) groups is 1. The van der Waals surface area contributed by atoms with Crippen LogP contribution in [0.15, 0.2) is 18.5 Å². The molecule has 1 fully saturated rings. The van der Waals surface area contributed by atoms with Crippen molar-refractivity contribution < 1.29 is 4.79 Å². The summed E-state index contributed by atoms with van der Waals surface area (Å²) in [5.41, 5.74) is 8.96. The molecule has 0 bridgehead atoms. The van der Waals surface area contributed by atoms with Crippen LogP contribution in [0.5, 0.6) is 0 Å². The number of hydrogen-bond acceptors (Lipinski definition) is 3. The number of rotatable bonds is 3. The molecule has 1 aliphatic rings. The molecular formula is C15H16N4O. The molecule has 0 aliphatic heterocycles. The van der Waals surface area contributed by atoms with Crippen molar-refractivity contribution in [1.29, 1.82) is 5.26 Å². The average Bonchev–Trinajstić information content (AvgIpc) is 3.07. The number of hydrogen-bond donors (Lipinski definition) is 1. The van der Waals surface area contributed by atoms with E-state index in [1.165, 1.54) is 0 Å². The van der Waals surface area contributed by atoms with E-state index >= 15 is 0 Å². The van der Waals surface area contributed by atoms with Gasteiger partial charge in [-0.25, -0.2) is 4.52 Å². The standard InChI is InChI=1S/C15H16N4O/c1-8(2)13-10(15(17)20)3-4-19-14(13)12(7-18-19)11-5-9(11)6-16/h3-4,7-9,11H,5H2,1-2H3,(H2,17,20). The fraction of sp³-hybridized carbons (Fsp3) is 0.400. The zero-order chi connectivity index (χ0) is 14.4. The average molecular weight is 268 g/mol. The molecule has 2 N–H and O–H groups in total. The Bertz CT molecular complexity index is 738.